The van der Waals surface area contributed by atoms with Gasteiger partial charge in [0, 0.05) is 11.8 Å². The largest absolute Gasteiger partial charge is 0.353 e. The molecule has 0 aromatic rings. The summed E-state index contributed by atoms with van der Waals surface area (Å²) >= 11 is 1.70. The SMILES string of the molecule is CC(C)NC(=O)C(C)NC1=NC(C)C(C)CS1. The lowest BCUT2D eigenvalue weighted by molar-refractivity contribution is -0.122. The van der Waals surface area contributed by atoms with E-state index in [0.29, 0.717) is 12.0 Å². The topological polar surface area (TPSA) is 53.5 Å². The third-order valence-electron chi connectivity index (χ3n) is 2.79. The number of amides is 1. The first-order valence-electron chi connectivity index (χ1n) is 6.17. The second kappa shape index (κ2) is 6.28. The number of hydrogen-bond acceptors (Lipinski definition) is 4. The van der Waals surface area contributed by atoms with Crippen LogP contribution < -0.4 is 10.6 Å². The third-order valence-corrected chi connectivity index (χ3v) is 3.98. The molecule has 1 heterocycles. The highest BCUT2D eigenvalue weighted by atomic mass is 32.2. The van der Waals surface area contributed by atoms with Crippen LogP contribution in [0.5, 0.6) is 0 Å². The van der Waals surface area contributed by atoms with Crippen LogP contribution in [0.4, 0.5) is 0 Å². The van der Waals surface area contributed by atoms with Crippen molar-refractivity contribution < 1.29 is 4.79 Å². The van der Waals surface area contributed by atoms with Gasteiger partial charge in [-0.2, -0.15) is 0 Å². The number of aliphatic imine (C=N–C) groups is 1. The van der Waals surface area contributed by atoms with Crippen molar-refractivity contribution >= 4 is 22.8 Å². The summed E-state index contributed by atoms with van der Waals surface area (Å²) in [6.45, 7) is 10.1. The van der Waals surface area contributed by atoms with Crippen LogP contribution in [0.25, 0.3) is 0 Å². The van der Waals surface area contributed by atoms with E-state index in [2.05, 4.69) is 29.5 Å². The second-order valence-electron chi connectivity index (χ2n) is 4.99. The third kappa shape index (κ3) is 4.58. The smallest absolute Gasteiger partial charge is 0.242 e. The van der Waals surface area contributed by atoms with Crippen LogP contribution >= 0.6 is 11.8 Å². The molecule has 3 unspecified atom stereocenters. The summed E-state index contributed by atoms with van der Waals surface area (Å²) in [7, 11) is 0. The van der Waals surface area contributed by atoms with E-state index in [1.54, 1.807) is 11.8 Å². The monoisotopic (exact) mass is 257 g/mol. The minimum atomic E-state index is -0.232. The van der Waals surface area contributed by atoms with Gasteiger partial charge in [-0.1, -0.05) is 18.7 Å². The fourth-order valence-electron chi connectivity index (χ4n) is 1.44. The molecule has 0 radical (unpaired) electrons. The molecular formula is C12H23N3OS. The summed E-state index contributed by atoms with van der Waals surface area (Å²) in [5, 5.41) is 6.95. The molecule has 1 amide bonds. The van der Waals surface area contributed by atoms with Crippen molar-refractivity contribution in [1.82, 2.24) is 10.6 Å². The average Bonchev–Trinajstić information content (AvgIpc) is 2.22. The molecule has 0 saturated carbocycles. The van der Waals surface area contributed by atoms with Crippen LogP contribution in [0, 0.1) is 5.92 Å². The molecule has 0 spiro atoms. The molecule has 5 heteroatoms. The Morgan fingerprint density at radius 1 is 1.41 bits per heavy atom. The van der Waals surface area contributed by atoms with Crippen molar-refractivity contribution in [3.05, 3.63) is 0 Å². The number of nitrogens with one attached hydrogen (secondary N) is 2. The molecule has 1 aliphatic rings. The number of amidine groups is 1. The highest BCUT2D eigenvalue weighted by molar-refractivity contribution is 8.13. The van der Waals surface area contributed by atoms with Crippen LogP contribution in [0.15, 0.2) is 4.99 Å². The van der Waals surface area contributed by atoms with Crippen molar-refractivity contribution in [2.45, 2.75) is 52.7 Å². The molecule has 0 fully saturated rings. The van der Waals surface area contributed by atoms with Gasteiger partial charge in [0.1, 0.15) is 6.04 Å². The molecule has 0 saturated heterocycles. The number of hydrogen-bond donors (Lipinski definition) is 2. The predicted octanol–water partition coefficient (Wildman–Crippen LogP) is 1.62. The van der Waals surface area contributed by atoms with Gasteiger partial charge in [-0.25, -0.2) is 0 Å². The zero-order chi connectivity index (χ0) is 13.0. The summed E-state index contributed by atoms with van der Waals surface area (Å²) in [5.74, 6) is 1.69. The van der Waals surface area contributed by atoms with Crippen LogP contribution in [0.2, 0.25) is 0 Å². The van der Waals surface area contributed by atoms with E-state index in [-0.39, 0.29) is 18.0 Å². The van der Waals surface area contributed by atoms with Crippen LogP contribution in [-0.2, 0) is 4.79 Å². The maximum atomic E-state index is 11.7. The Labute approximate surface area is 108 Å². The Morgan fingerprint density at radius 3 is 2.59 bits per heavy atom. The molecular weight excluding hydrogens is 234 g/mol. The van der Waals surface area contributed by atoms with Gasteiger partial charge >= 0.3 is 0 Å². The molecule has 0 aliphatic carbocycles. The summed E-state index contributed by atoms with van der Waals surface area (Å²) in [6, 6.07) is 0.273. The average molecular weight is 257 g/mol. The number of nitrogens with zero attached hydrogens (tertiary/aromatic N) is 1. The molecule has 0 aromatic heterocycles. The number of rotatable bonds is 3. The van der Waals surface area contributed by atoms with E-state index in [1.807, 2.05) is 20.8 Å². The minimum absolute atomic E-state index is 0.0228. The summed E-state index contributed by atoms with van der Waals surface area (Å²) in [4.78, 5) is 16.3. The fraction of sp³-hybridized carbons (Fsp3) is 0.833. The van der Waals surface area contributed by atoms with Gasteiger partial charge in [0.2, 0.25) is 5.91 Å². The molecule has 4 nitrogen and oxygen atoms in total. The van der Waals surface area contributed by atoms with Crippen LogP contribution in [0.1, 0.15) is 34.6 Å². The first kappa shape index (κ1) is 14.4. The number of thioether (sulfide) groups is 1. The standard InChI is InChI=1S/C12H23N3OS/c1-7(2)13-11(16)10(5)15-12-14-9(4)8(3)6-17-12/h7-10H,6H2,1-5H3,(H,13,16)(H,14,15). The molecule has 1 aliphatic heterocycles. The number of carbonyl (C=O) groups is 1. The van der Waals surface area contributed by atoms with Crippen molar-refractivity contribution in [1.29, 1.82) is 0 Å². The molecule has 1 rings (SSSR count). The number of carbonyl (C=O) groups excluding carboxylic acids is 1. The molecule has 2 N–H and O–H groups in total. The van der Waals surface area contributed by atoms with E-state index < -0.39 is 0 Å². The van der Waals surface area contributed by atoms with Gasteiger partial charge in [0.15, 0.2) is 5.17 Å². The van der Waals surface area contributed by atoms with Gasteiger partial charge in [-0.15, -0.1) is 0 Å². The van der Waals surface area contributed by atoms with Crippen LogP contribution in [0.3, 0.4) is 0 Å². The van der Waals surface area contributed by atoms with Crippen molar-refractivity contribution in [2.24, 2.45) is 10.9 Å². The van der Waals surface area contributed by atoms with Gasteiger partial charge in [-0.05, 0) is 33.6 Å². The van der Waals surface area contributed by atoms with Crippen molar-refractivity contribution in [3.8, 4) is 0 Å². The molecule has 98 valence electrons. The fourth-order valence-corrected chi connectivity index (χ4v) is 2.64. The summed E-state index contributed by atoms with van der Waals surface area (Å²) < 4.78 is 0. The summed E-state index contributed by atoms with van der Waals surface area (Å²) in [5.41, 5.74) is 0. The van der Waals surface area contributed by atoms with Gasteiger partial charge in [0.25, 0.3) is 0 Å². The minimum Gasteiger partial charge on any atom is -0.353 e. The lowest BCUT2D eigenvalue weighted by Gasteiger charge is -2.25. The first-order valence-corrected chi connectivity index (χ1v) is 7.16. The highest BCUT2D eigenvalue weighted by Gasteiger charge is 2.22. The zero-order valence-corrected chi connectivity index (χ0v) is 12.1. The Morgan fingerprint density at radius 2 is 2.06 bits per heavy atom. The molecule has 0 aromatic carbocycles. The highest BCUT2D eigenvalue weighted by Crippen LogP contribution is 2.21. The van der Waals surface area contributed by atoms with Gasteiger partial charge in [-0.3, -0.25) is 9.79 Å². The Bertz CT molecular complexity index is 304. The lowest BCUT2D eigenvalue weighted by Crippen LogP contribution is -2.47. The summed E-state index contributed by atoms with van der Waals surface area (Å²) in [6.07, 6.45) is 0. The first-order chi connectivity index (χ1) is 7.90. The Kier molecular flexibility index (Phi) is 5.31. The van der Waals surface area contributed by atoms with Gasteiger partial charge < -0.3 is 10.6 Å². The lowest BCUT2D eigenvalue weighted by atomic mass is 10.1. The van der Waals surface area contributed by atoms with Crippen molar-refractivity contribution in [3.63, 3.8) is 0 Å². The van der Waals surface area contributed by atoms with E-state index in [4.69, 9.17) is 0 Å². The quantitative estimate of drug-likeness (QED) is 0.808. The Hall–Kier alpha value is -0.710. The predicted molar refractivity (Wildman–Crippen MR) is 74.4 cm³/mol. The Balaban J connectivity index is 2.49. The van der Waals surface area contributed by atoms with E-state index in [1.165, 1.54) is 0 Å². The second-order valence-corrected chi connectivity index (χ2v) is 6.00. The maximum absolute atomic E-state index is 11.7. The van der Waals surface area contributed by atoms with Crippen molar-refractivity contribution in [2.75, 3.05) is 5.75 Å². The van der Waals surface area contributed by atoms with E-state index in [0.717, 1.165) is 10.9 Å². The molecule has 3 atom stereocenters. The maximum Gasteiger partial charge on any atom is 0.242 e. The normalized spacial score (nSPS) is 26.4. The molecule has 0 bridgehead atoms. The van der Waals surface area contributed by atoms with E-state index in [9.17, 15) is 4.79 Å². The zero-order valence-electron chi connectivity index (χ0n) is 11.3. The van der Waals surface area contributed by atoms with E-state index >= 15 is 0 Å². The van der Waals surface area contributed by atoms with Crippen LogP contribution in [-0.4, -0.2) is 35.0 Å². The molecule has 17 heavy (non-hydrogen) atoms. The van der Waals surface area contributed by atoms with Gasteiger partial charge in [0.05, 0.1) is 6.04 Å².